The van der Waals surface area contributed by atoms with Crippen LogP contribution in [0.4, 0.5) is 0 Å². The molecule has 0 bridgehead atoms. The third-order valence-electron chi connectivity index (χ3n) is 2.89. The molecule has 0 saturated carbocycles. The van der Waals surface area contributed by atoms with E-state index in [-0.39, 0.29) is 11.5 Å². The first kappa shape index (κ1) is 16.2. The van der Waals surface area contributed by atoms with Crippen molar-refractivity contribution in [3.8, 4) is 0 Å². The quantitative estimate of drug-likeness (QED) is 0.536. The standard InChI is InChI=1S/C12H26N4O2S/c1-4-13-12(15-11(2)3)14-5-6-16-7-9-19(17,18)10-8-16/h11H,4-10H2,1-3H3,(H2,13,14,15). The Balaban J connectivity index is 2.34. The molecule has 0 amide bonds. The molecule has 1 fully saturated rings. The van der Waals surface area contributed by atoms with Gasteiger partial charge in [0.1, 0.15) is 0 Å². The van der Waals surface area contributed by atoms with Crippen LogP contribution in [0.5, 0.6) is 0 Å². The number of nitrogens with one attached hydrogen (secondary N) is 2. The molecule has 1 aliphatic heterocycles. The van der Waals surface area contributed by atoms with Crippen molar-refractivity contribution in [1.29, 1.82) is 0 Å². The van der Waals surface area contributed by atoms with E-state index in [0.29, 0.717) is 25.7 Å². The summed E-state index contributed by atoms with van der Waals surface area (Å²) in [7, 11) is -2.78. The van der Waals surface area contributed by atoms with Crippen molar-refractivity contribution in [1.82, 2.24) is 15.5 Å². The van der Waals surface area contributed by atoms with Gasteiger partial charge in [-0.3, -0.25) is 9.89 Å². The number of rotatable bonds is 5. The second kappa shape index (κ2) is 7.69. The van der Waals surface area contributed by atoms with E-state index in [1.165, 1.54) is 0 Å². The third kappa shape index (κ3) is 6.77. The molecule has 0 aromatic carbocycles. The minimum atomic E-state index is -2.78. The van der Waals surface area contributed by atoms with Crippen molar-refractivity contribution in [3.63, 3.8) is 0 Å². The monoisotopic (exact) mass is 290 g/mol. The van der Waals surface area contributed by atoms with Gasteiger partial charge in [-0.1, -0.05) is 0 Å². The molecule has 0 spiro atoms. The number of sulfone groups is 1. The molecule has 112 valence electrons. The summed E-state index contributed by atoms with van der Waals surface area (Å²) < 4.78 is 22.6. The van der Waals surface area contributed by atoms with Crippen LogP contribution in [0.25, 0.3) is 0 Å². The van der Waals surface area contributed by atoms with Crippen LogP contribution >= 0.6 is 0 Å². The van der Waals surface area contributed by atoms with Crippen molar-refractivity contribution in [2.75, 3.05) is 44.2 Å². The van der Waals surface area contributed by atoms with Crippen molar-refractivity contribution >= 4 is 15.8 Å². The van der Waals surface area contributed by atoms with Gasteiger partial charge in [-0.25, -0.2) is 8.42 Å². The Kier molecular flexibility index (Phi) is 6.57. The Morgan fingerprint density at radius 2 is 1.95 bits per heavy atom. The van der Waals surface area contributed by atoms with E-state index in [1.54, 1.807) is 0 Å². The zero-order chi connectivity index (χ0) is 14.3. The first-order chi connectivity index (χ1) is 8.93. The topological polar surface area (TPSA) is 73.8 Å². The summed E-state index contributed by atoms with van der Waals surface area (Å²) in [6, 6.07) is 0.345. The van der Waals surface area contributed by atoms with Gasteiger partial charge in [0.15, 0.2) is 15.8 Å². The van der Waals surface area contributed by atoms with Crippen LogP contribution in [0.2, 0.25) is 0 Å². The molecule has 1 rings (SSSR count). The zero-order valence-corrected chi connectivity index (χ0v) is 13.0. The molecule has 1 heterocycles. The Morgan fingerprint density at radius 1 is 1.32 bits per heavy atom. The molecular weight excluding hydrogens is 264 g/mol. The van der Waals surface area contributed by atoms with Gasteiger partial charge in [0.05, 0.1) is 18.1 Å². The normalized spacial score (nSPS) is 20.5. The van der Waals surface area contributed by atoms with E-state index >= 15 is 0 Å². The minimum Gasteiger partial charge on any atom is -0.357 e. The molecule has 6 nitrogen and oxygen atoms in total. The fourth-order valence-electron chi connectivity index (χ4n) is 1.87. The molecule has 1 saturated heterocycles. The number of hydrogen-bond donors (Lipinski definition) is 2. The number of nitrogens with zero attached hydrogens (tertiary/aromatic N) is 2. The highest BCUT2D eigenvalue weighted by Crippen LogP contribution is 2.02. The van der Waals surface area contributed by atoms with Gasteiger partial charge < -0.3 is 10.6 Å². The van der Waals surface area contributed by atoms with Gasteiger partial charge in [0.2, 0.25) is 0 Å². The van der Waals surface area contributed by atoms with Crippen molar-refractivity contribution in [3.05, 3.63) is 0 Å². The molecule has 0 unspecified atom stereocenters. The van der Waals surface area contributed by atoms with Crippen LogP contribution in [0.3, 0.4) is 0 Å². The lowest BCUT2D eigenvalue weighted by Crippen LogP contribution is -2.43. The Morgan fingerprint density at radius 3 is 2.47 bits per heavy atom. The third-order valence-corrected chi connectivity index (χ3v) is 4.50. The van der Waals surface area contributed by atoms with Crippen LogP contribution in [0.15, 0.2) is 4.99 Å². The molecular formula is C12H26N4O2S. The maximum absolute atomic E-state index is 11.3. The van der Waals surface area contributed by atoms with E-state index in [0.717, 1.165) is 19.0 Å². The fourth-order valence-corrected chi connectivity index (χ4v) is 3.15. The van der Waals surface area contributed by atoms with Crippen molar-refractivity contribution in [2.45, 2.75) is 26.8 Å². The Bertz CT molecular complexity index is 379. The summed E-state index contributed by atoms with van der Waals surface area (Å²) in [4.78, 5) is 6.64. The van der Waals surface area contributed by atoms with E-state index in [9.17, 15) is 8.42 Å². The van der Waals surface area contributed by atoms with E-state index in [1.807, 2.05) is 6.92 Å². The van der Waals surface area contributed by atoms with Crippen LogP contribution in [-0.4, -0.2) is 69.5 Å². The largest absolute Gasteiger partial charge is 0.357 e. The van der Waals surface area contributed by atoms with Crippen LogP contribution < -0.4 is 10.6 Å². The Labute approximate surface area is 116 Å². The summed E-state index contributed by atoms with van der Waals surface area (Å²) in [5.74, 6) is 1.38. The first-order valence-electron chi connectivity index (χ1n) is 6.90. The molecule has 0 aliphatic carbocycles. The maximum Gasteiger partial charge on any atom is 0.191 e. The van der Waals surface area contributed by atoms with E-state index < -0.39 is 9.84 Å². The first-order valence-corrected chi connectivity index (χ1v) is 8.72. The molecule has 19 heavy (non-hydrogen) atoms. The lowest BCUT2D eigenvalue weighted by Gasteiger charge is -2.25. The number of aliphatic imine (C=N–C) groups is 1. The SMILES string of the molecule is CCNC(=NCCN1CCS(=O)(=O)CC1)NC(C)C. The molecule has 0 atom stereocenters. The van der Waals surface area contributed by atoms with Gasteiger partial charge in [0, 0.05) is 32.2 Å². The lowest BCUT2D eigenvalue weighted by atomic mass is 10.4. The molecule has 2 N–H and O–H groups in total. The van der Waals surface area contributed by atoms with Crippen molar-refractivity contribution < 1.29 is 8.42 Å². The molecule has 0 radical (unpaired) electrons. The average Bonchev–Trinajstić information content (AvgIpc) is 2.31. The number of guanidine groups is 1. The Hall–Kier alpha value is -0.820. The maximum atomic E-state index is 11.3. The lowest BCUT2D eigenvalue weighted by molar-refractivity contribution is 0.304. The van der Waals surface area contributed by atoms with Crippen LogP contribution in [-0.2, 0) is 9.84 Å². The van der Waals surface area contributed by atoms with Crippen LogP contribution in [0, 0.1) is 0 Å². The summed E-state index contributed by atoms with van der Waals surface area (Å²) in [5, 5.41) is 6.45. The van der Waals surface area contributed by atoms with Crippen molar-refractivity contribution in [2.24, 2.45) is 4.99 Å². The van der Waals surface area contributed by atoms with Gasteiger partial charge in [-0.15, -0.1) is 0 Å². The van der Waals surface area contributed by atoms with Gasteiger partial charge in [0.25, 0.3) is 0 Å². The second-order valence-corrected chi connectivity index (χ2v) is 7.36. The average molecular weight is 290 g/mol. The smallest absolute Gasteiger partial charge is 0.191 e. The molecule has 0 aromatic rings. The highest BCUT2D eigenvalue weighted by molar-refractivity contribution is 7.91. The summed E-state index contributed by atoms with van der Waals surface area (Å²) >= 11 is 0. The van der Waals surface area contributed by atoms with E-state index in [2.05, 4.69) is 34.4 Å². The van der Waals surface area contributed by atoms with Gasteiger partial charge in [-0.2, -0.15) is 0 Å². The molecule has 7 heteroatoms. The van der Waals surface area contributed by atoms with E-state index in [4.69, 9.17) is 0 Å². The second-order valence-electron chi connectivity index (χ2n) is 5.05. The van der Waals surface area contributed by atoms with Gasteiger partial charge >= 0.3 is 0 Å². The summed E-state index contributed by atoms with van der Waals surface area (Å²) in [6.45, 7) is 9.77. The zero-order valence-electron chi connectivity index (χ0n) is 12.1. The summed E-state index contributed by atoms with van der Waals surface area (Å²) in [6.07, 6.45) is 0. The molecule has 1 aliphatic rings. The molecule has 0 aromatic heterocycles. The number of hydrogen-bond acceptors (Lipinski definition) is 4. The highest BCUT2D eigenvalue weighted by Gasteiger charge is 2.20. The van der Waals surface area contributed by atoms with Crippen LogP contribution in [0.1, 0.15) is 20.8 Å². The predicted octanol–water partition coefficient (Wildman–Crippen LogP) is -0.320. The highest BCUT2D eigenvalue weighted by atomic mass is 32.2. The predicted molar refractivity (Wildman–Crippen MR) is 79.3 cm³/mol. The minimum absolute atomic E-state index is 0.279. The fraction of sp³-hybridized carbons (Fsp3) is 0.917. The van der Waals surface area contributed by atoms with Gasteiger partial charge in [-0.05, 0) is 20.8 Å². The summed E-state index contributed by atoms with van der Waals surface area (Å²) in [5.41, 5.74) is 0.